The number of nitrogens with zero attached hydrogens (tertiary/aromatic N) is 1. The van der Waals surface area contributed by atoms with Crippen molar-refractivity contribution < 1.29 is 33.6 Å². The summed E-state index contributed by atoms with van der Waals surface area (Å²) in [7, 11) is 3.01. The number of rotatable bonds is 5. The molecular formula is C24H29NO7. The van der Waals surface area contributed by atoms with Crippen LogP contribution in [0.5, 0.6) is 11.5 Å². The quantitative estimate of drug-likeness (QED) is 0.724. The molecule has 3 rings (SSSR count). The molecule has 2 aromatic carbocycles. The monoisotopic (exact) mass is 443 g/mol. The number of amides is 1. The third-order valence-corrected chi connectivity index (χ3v) is 5.26. The van der Waals surface area contributed by atoms with Crippen molar-refractivity contribution in [2.75, 3.05) is 14.2 Å². The summed E-state index contributed by atoms with van der Waals surface area (Å²) in [5.74, 6) is -0.257. The van der Waals surface area contributed by atoms with E-state index in [0.29, 0.717) is 22.6 Å². The van der Waals surface area contributed by atoms with Crippen molar-refractivity contribution in [2.24, 2.45) is 0 Å². The Morgan fingerprint density at radius 2 is 1.72 bits per heavy atom. The Kier molecular flexibility index (Phi) is 6.37. The molecule has 1 unspecified atom stereocenters. The second kappa shape index (κ2) is 8.70. The van der Waals surface area contributed by atoms with Crippen LogP contribution in [0.15, 0.2) is 48.5 Å². The normalized spacial score (nSPS) is 23.0. The molecule has 1 saturated heterocycles. The number of carbonyl (C=O) groups is 2. The lowest BCUT2D eigenvalue weighted by molar-refractivity contribution is -0.163. The van der Waals surface area contributed by atoms with Crippen LogP contribution in [-0.2, 0) is 14.3 Å². The Morgan fingerprint density at radius 1 is 1.06 bits per heavy atom. The molecule has 2 aromatic rings. The zero-order valence-corrected chi connectivity index (χ0v) is 19.1. The molecule has 1 aliphatic rings. The van der Waals surface area contributed by atoms with Gasteiger partial charge in [-0.3, -0.25) is 4.90 Å². The van der Waals surface area contributed by atoms with E-state index in [0.717, 1.165) is 0 Å². The Bertz CT molecular complexity index is 986. The van der Waals surface area contributed by atoms with Gasteiger partial charge >= 0.3 is 12.1 Å². The van der Waals surface area contributed by atoms with Crippen molar-refractivity contribution >= 4 is 12.1 Å². The minimum absolute atomic E-state index is 0.393. The van der Waals surface area contributed by atoms with Gasteiger partial charge in [-0.2, -0.15) is 0 Å². The molecule has 32 heavy (non-hydrogen) atoms. The second-order valence-electron chi connectivity index (χ2n) is 8.69. The first-order valence-electron chi connectivity index (χ1n) is 10.2. The van der Waals surface area contributed by atoms with Crippen LogP contribution < -0.4 is 9.47 Å². The average molecular weight is 443 g/mol. The predicted molar refractivity (Wildman–Crippen MR) is 117 cm³/mol. The number of ether oxygens (including phenoxy) is 4. The average Bonchev–Trinajstić information content (AvgIpc) is 3.07. The molecule has 1 fully saturated rings. The van der Waals surface area contributed by atoms with E-state index in [1.807, 2.05) is 6.07 Å². The Morgan fingerprint density at radius 3 is 2.25 bits per heavy atom. The Labute approximate surface area is 187 Å². The molecule has 1 heterocycles. The van der Waals surface area contributed by atoms with Crippen LogP contribution in [0.3, 0.4) is 0 Å². The van der Waals surface area contributed by atoms with Crippen molar-refractivity contribution in [2.45, 2.75) is 51.2 Å². The molecule has 0 radical (unpaired) electrons. The van der Waals surface area contributed by atoms with Gasteiger partial charge in [-0.1, -0.05) is 30.3 Å². The lowest BCUT2D eigenvalue weighted by atomic mass is 9.90. The molecule has 0 saturated carbocycles. The zero-order chi connectivity index (χ0) is 23.7. The van der Waals surface area contributed by atoms with Crippen LogP contribution in [-0.4, -0.2) is 47.5 Å². The lowest BCUT2D eigenvalue weighted by Gasteiger charge is -2.33. The van der Waals surface area contributed by atoms with Crippen LogP contribution in [0.4, 0.5) is 4.79 Å². The fourth-order valence-corrected chi connectivity index (χ4v) is 3.79. The van der Waals surface area contributed by atoms with Crippen LogP contribution >= 0.6 is 0 Å². The number of carboxylic acid groups (broad SMARTS) is 1. The van der Waals surface area contributed by atoms with Crippen LogP contribution in [0.1, 0.15) is 51.1 Å². The Balaban J connectivity index is 2.21. The maximum atomic E-state index is 13.4. The summed E-state index contributed by atoms with van der Waals surface area (Å²) in [5, 5.41) is 10.2. The molecule has 0 aliphatic carbocycles. The first kappa shape index (κ1) is 23.4. The van der Waals surface area contributed by atoms with Crippen molar-refractivity contribution in [3.05, 3.63) is 59.7 Å². The van der Waals surface area contributed by atoms with E-state index < -0.39 is 35.5 Å². The highest BCUT2D eigenvalue weighted by Gasteiger charge is 2.59. The summed E-state index contributed by atoms with van der Waals surface area (Å²) < 4.78 is 22.6. The van der Waals surface area contributed by atoms with Gasteiger partial charge in [0, 0.05) is 11.6 Å². The second-order valence-corrected chi connectivity index (χ2v) is 8.69. The number of hydrogen-bond acceptors (Lipinski definition) is 6. The van der Waals surface area contributed by atoms with Gasteiger partial charge in [0.25, 0.3) is 0 Å². The number of carbonyl (C=O) groups excluding carboxylic acids is 1. The van der Waals surface area contributed by atoms with E-state index in [9.17, 15) is 14.7 Å². The first-order chi connectivity index (χ1) is 15.0. The topological polar surface area (TPSA) is 94.5 Å². The van der Waals surface area contributed by atoms with E-state index in [-0.39, 0.29) is 0 Å². The minimum atomic E-state index is -1.74. The van der Waals surface area contributed by atoms with Gasteiger partial charge in [0.2, 0.25) is 0 Å². The van der Waals surface area contributed by atoms with Gasteiger partial charge in [0.05, 0.1) is 14.2 Å². The summed E-state index contributed by atoms with van der Waals surface area (Å²) in [6.45, 7) is 6.70. The van der Waals surface area contributed by atoms with Crippen LogP contribution in [0, 0.1) is 0 Å². The highest BCUT2D eigenvalue weighted by Crippen LogP contribution is 2.51. The van der Waals surface area contributed by atoms with Crippen molar-refractivity contribution in [3.63, 3.8) is 0 Å². The van der Waals surface area contributed by atoms with E-state index in [2.05, 4.69) is 0 Å². The van der Waals surface area contributed by atoms with E-state index in [1.54, 1.807) is 63.2 Å². The highest BCUT2D eigenvalue weighted by molar-refractivity contribution is 5.81. The zero-order valence-electron chi connectivity index (χ0n) is 19.1. The third kappa shape index (κ3) is 4.36. The molecule has 1 aliphatic heterocycles. The molecule has 0 aromatic heterocycles. The van der Waals surface area contributed by atoms with Gasteiger partial charge in [0.15, 0.2) is 11.8 Å². The van der Waals surface area contributed by atoms with Crippen molar-refractivity contribution in [3.8, 4) is 11.5 Å². The molecular weight excluding hydrogens is 414 g/mol. The minimum Gasteiger partial charge on any atom is -0.497 e. The predicted octanol–water partition coefficient (Wildman–Crippen LogP) is 4.55. The fraction of sp³-hybridized carbons (Fsp3) is 0.417. The first-order valence-corrected chi connectivity index (χ1v) is 10.2. The maximum Gasteiger partial charge on any atom is 0.413 e. The van der Waals surface area contributed by atoms with Gasteiger partial charge in [-0.15, -0.1) is 0 Å². The molecule has 1 amide bonds. The lowest BCUT2D eigenvalue weighted by Crippen LogP contribution is -2.45. The number of benzene rings is 2. The molecule has 8 heteroatoms. The molecule has 8 nitrogen and oxygen atoms in total. The van der Waals surface area contributed by atoms with Crippen molar-refractivity contribution in [1.29, 1.82) is 0 Å². The number of aliphatic carboxylic acids is 1. The third-order valence-electron chi connectivity index (χ3n) is 5.26. The summed E-state index contributed by atoms with van der Waals surface area (Å²) in [4.78, 5) is 27.2. The molecule has 3 atom stereocenters. The summed E-state index contributed by atoms with van der Waals surface area (Å²) in [5.41, 5.74) is -1.45. The summed E-state index contributed by atoms with van der Waals surface area (Å²) in [6, 6.07) is 13.0. The number of hydrogen-bond donors (Lipinski definition) is 1. The van der Waals surface area contributed by atoms with E-state index >= 15 is 0 Å². The maximum absolute atomic E-state index is 13.4. The molecule has 1 N–H and O–H groups in total. The summed E-state index contributed by atoms with van der Waals surface area (Å²) in [6.07, 6.45) is -1.77. The number of carboxylic acids is 1. The largest absolute Gasteiger partial charge is 0.497 e. The highest BCUT2D eigenvalue weighted by atomic mass is 16.6. The van der Waals surface area contributed by atoms with Gasteiger partial charge in [0.1, 0.15) is 23.1 Å². The SMILES string of the molecule is COc1ccc(C2O[C@@](C)(C(=O)O)[C@H](c3ccccc3)N2C(=O)OC(C)(C)C)c(OC)c1. The van der Waals surface area contributed by atoms with Gasteiger partial charge in [-0.05, 0) is 45.4 Å². The van der Waals surface area contributed by atoms with E-state index in [4.69, 9.17) is 18.9 Å². The van der Waals surface area contributed by atoms with Gasteiger partial charge < -0.3 is 24.1 Å². The number of methoxy groups -OCH3 is 2. The standard InChI is InChI=1S/C24H29NO7/c1-23(2,3)32-22(28)25-19(15-10-8-7-9-11-15)24(4,21(26)27)31-20(25)17-13-12-16(29-5)14-18(17)30-6/h7-14,19-20H,1-6H3,(H,26,27)/t19-,20?,24+/m0/s1. The molecule has 0 bridgehead atoms. The Hall–Kier alpha value is -3.26. The molecule has 172 valence electrons. The molecule has 0 spiro atoms. The van der Waals surface area contributed by atoms with Gasteiger partial charge in [-0.25, -0.2) is 9.59 Å². The smallest absolute Gasteiger partial charge is 0.413 e. The van der Waals surface area contributed by atoms with Crippen LogP contribution in [0.25, 0.3) is 0 Å². The summed E-state index contributed by atoms with van der Waals surface area (Å²) >= 11 is 0. The fourth-order valence-electron chi connectivity index (χ4n) is 3.79. The van der Waals surface area contributed by atoms with E-state index in [1.165, 1.54) is 26.0 Å². The van der Waals surface area contributed by atoms with Crippen LogP contribution in [0.2, 0.25) is 0 Å². The van der Waals surface area contributed by atoms with Crippen molar-refractivity contribution in [1.82, 2.24) is 4.90 Å².